The van der Waals surface area contributed by atoms with Crippen LogP contribution in [0, 0.1) is 6.92 Å². The van der Waals surface area contributed by atoms with Gasteiger partial charge in [0.1, 0.15) is 0 Å². The van der Waals surface area contributed by atoms with Crippen molar-refractivity contribution in [2.24, 2.45) is 0 Å². The highest BCUT2D eigenvalue weighted by Crippen LogP contribution is 2.15. The zero-order chi connectivity index (χ0) is 14.5. The molecule has 0 aliphatic carbocycles. The van der Waals surface area contributed by atoms with Crippen LogP contribution in [-0.2, 0) is 6.54 Å². The van der Waals surface area contributed by atoms with Crippen molar-refractivity contribution in [1.82, 2.24) is 10.3 Å². The van der Waals surface area contributed by atoms with Crippen LogP contribution in [0.25, 0.3) is 0 Å². The first kappa shape index (κ1) is 14.0. The summed E-state index contributed by atoms with van der Waals surface area (Å²) in [5, 5.41) is 14.2. The van der Waals surface area contributed by atoms with E-state index in [0.717, 1.165) is 10.6 Å². The van der Waals surface area contributed by atoms with Crippen molar-refractivity contribution < 1.29 is 14.7 Å². The maximum atomic E-state index is 11.8. The van der Waals surface area contributed by atoms with Crippen LogP contribution in [-0.4, -0.2) is 22.1 Å². The predicted octanol–water partition coefficient (Wildman–Crippen LogP) is 2.47. The number of aromatic nitrogens is 1. The number of thiazole rings is 1. The Labute approximate surface area is 119 Å². The van der Waals surface area contributed by atoms with E-state index in [1.165, 1.54) is 17.4 Å². The summed E-state index contributed by atoms with van der Waals surface area (Å²) in [4.78, 5) is 27.8. The summed E-state index contributed by atoms with van der Waals surface area (Å²) >= 11 is 1.46. The minimum absolute atomic E-state index is 0.0524. The molecule has 1 aromatic heterocycles. The number of nitrogens with zero attached hydrogens (tertiary/aromatic N) is 1. The van der Waals surface area contributed by atoms with Crippen LogP contribution in [0.1, 0.15) is 20.9 Å². The second kappa shape index (κ2) is 6.16. The number of nitrogens with one attached hydrogen (secondary N) is 2. The molecule has 6 nitrogen and oxygen atoms in total. The Kier molecular flexibility index (Phi) is 4.31. The van der Waals surface area contributed by atoms with Gasteiger partial charge < -0.3 is 15.7 Å². The van der Waals surface area contributed by atoms with Crippen LogP contribution < -0.4 is 10.6 Å². The molecule has 3 N–H and O–H groups in total. The van der Waals surface area contributed by atoms with Crippen molar-refractivity contribution in [2.45, 2.75) is 13.5 Å². The molecule has 0 aliphatic heterocycles. The summed E-state index contributed by atoms with van der Waals surface area (Å²) in [5.41, 5.74) is 2.90. The number of carboxylic acids is 1. The van der Waals surface area contributed by atoms with Crippen LogP contribution in [0.5, 0.6) is 0 Å². The Hall–Kier alpha value is -2.41. The van der Waals surface area contributed by atoms with Crippen LogP contribution in [0.15, 0.2) is 29.8 Å². The largest absolute Gasteiger partial charge is 0.478 e. The van der Waals surface area contributed by atoms with Crippen LogP contribution >= 0.6 is 11.3 Å². The zero-order valence-corrected chi connectivity index (χ0v) is 11.5. The summed E-state index contributed by atoms with van der Waals surface area (Å²) in [5.74, 6) is -1.08. The van der Waals surface area contributed by atoms with Gasteiger partial charge in [0, 0.05) is 4.88 Å². The number of hydrogen-bond donors (Lipinski definition) is 3. The summed E-state index contributed by atoms with van der Waals surface area (Å²) in [6.45, 7) is 2.22. The molecule has 104 valence electrons. The topological polar surface area (TPSA) is 91.3 Å². The molecule has 0 saturated heterocycles. The predicted molar refractivity (Wildman–Crippen MR) is 76.1 cm³/mol. The SMILES string of the molecule is Cc1ncsc1CNC(=O)Nc1ccccc1C(=O)O. The fourth-order valence-electron chi connectivity index (χ4n) is 1.60. The highest BCUT2D eigenvalue weighted by Gasteiger charge is 2.11. The van der Waals surface area contributed by atoms with E-state index in [2.05, 4.69) is 15.6 Å². The summed E-state index contributed by atoms with van der Waals surface area (Å²) in [6, 6.07) is 5.79. The molecule has 7 heteroatoms. The molecule has 2 aromatic rings. The number of aromatic carboxylic acids is 1. The lowest BCUT2D eigenvalue weighted by Crippen LogP contribution is -2.28. The minimum atomic E-state index is -1.08. The number of carbonyl (C=O) groups excluding carboxylic acids is 1. The van der Waals surface area contributed by atoms with E-state index in [4.69, 9.17) is 5.11 Å². The van der Waals surface area contributed by atoms with Gasteiger partial charge in [-0.2, -0.15) is 0 Å². The van der Waals surface area contributed by atoms with Gasteiger partial charge in [0.15, 0.2) is 0 Å². The zero-order valence-electron chi connectivity index (χ0n) is 10.7. The van der Waals surface area contributed by atoms with Gasteiger partial charge in [0.25, 0.3) is 0 Å². The first-order valence-corrected chi connectivity index (χ1v) is 6.72. The Morgan fingerprint density at radius 3 is 2.75 bits per heavy atom. The van der Waals surface area contributed by atoms with Gasteiger partial charge in [0.05, 0.1) is 29.0 Å². The van der Waals surface area contributed by atoms with Gasteiger partial charge in [-0.25, -0.2) is 14.6 Å². The van der Waals surface area contributed by atoms with Crippen LogP contribution in [0.2, 0.25) is 0 Å². The third-order valence-electron chi connectivity index (χ3n) is 2.66. The molecule has 0 bridgehead atoms. The number of rotatable bonds is 4. The molecule has 2 amide bonds. The van der Waals surface area contributed by atoms with E-state index in [1.54, 1.807) is 23.7 Å². The molecular formula is C13H13N3O3S. The average molecular weight is 291 g/mol. The number of para-hydroxylation sites is 1. The molecule has 2 rings (SSSR count). The standard InChI is InChI=1S/C13H13N3O3S/c1-8-11(20-7-15-8)6-14-13(19)16-10-5-3-2-4-9(10)12(17)18/h2-5,7H,6H2,1H3,(H,17,18)(H2,14,16,19). The van der Waals surface area contributed by atoms with Crippen LogP contribution in [0.4, 0.5) is 10.5 Å². The highest BCUT2D eigenvalue weighted by atomic mass is 32.1. The molecule has 0 unspecified atom stereocenters. The Morgan fingerprint density at radius 1 is 1.35 bits per heavy atom. The maximum absolute atomic E-state index is 11.8. The Bertz CT molecular complexity index is 639. The normalized spacial score (nSPS) is 10.1. The van der Waals surface area contributed by atoms with E-state index in [9.17, 15) is 9.59 Å². The lowest BCUT2D eigenvalue weighted by molar-refractivity contribution is 0.0698. The van der Waals surface area contributed by atoms with E-state index >= 15 is 0 Å². The summed E-state index contributed by atoms with van der Waals surface area (Å²) < 4.78 is 0. The van der Waals surface area contributed by atoms with Crippen molar-refractivity contribution in [3.63, 3.8) is 0 Å². The van der Waals surface area contributed by atoms with Gasteiger partial charge in [-0.15, -0.1) is 11.3 Å². The number of amides is 2. The lowest BCUT2D eigenvalue weighted by atomic mass is 10.2. The first-order valence-electron chi connectivity index (χ1n) is 5.84. The Morgan fingerprint density at radius 2 is 2.10 bits per heavy atom. The molecule has 1 aromatic carbocycles. The third-order valence-corrected chi connectivity index (χ3v) is 3.60. The fraction of sp³-hybridized carbons (Fsp3) is 0.154. The van der Waals surface area contributed by atoms with E-state index in [1.807, 2.05) is 6.92 Å². The number of aryl methyl sites for hydroxylation is 1. The second-order valence-electron chi connectivity index (χ2n) is 4.02. The molecule has 0 fully saturated rings. The smallest absolute Gasteiger partial charge is 0.337 e. The number of hydrogen-bond acceptors (Lipinski definition) is 4. The summed E-state index contributed by atoms with van der Waals surface area (Å²) in [7, 11) is 0. The molecule has 0 atom stereocenters. The van der Waals surface area contributed by atoms with Gasteiger partial charge in [0.2, 0.25) is 0 Å². The van der Waals surface area contributed by atoms with E-state index < -0.39 is 12.0 Å². The van der Waals surface area contributed by atoms with E-state index in [-0.39, 0.29) is 11.3 Å². The van der Waals surface area contributed by atoms with E-state index in [0.29, 0.717) is 6.54 Å². The van der Waals surface area contributed by atoms with Gasteiger partial charge in [-0.1, -0.05) is 12.1 Å². The van der Waals surface area contributed by atoms with Crippen molar-refractivity contribution in [3.8, 4) is 0 Å². The maximum Gasteiger partial charge on any atom is 0.337 e. The second-order valence-corrected chi connectivity index (χ2v) is 4.96. The molecular weight excluding hydrogens is 278 g/mol. The number of anilines is 1. The molecule has 0 saturated carbocycles. The number of benzene rings is 1. The van der Waals surface area contributed by atoms with Crippen LogP contribution in [0.3, 0.4) is 0 Å². The fourth-order valence-corrected chi connectivity index (χ4v) is 2.32. The molecule has 20 heavy (non-hydrogen) atoms. The molecule has 1 heterocycles. The van der Waals surface area contributed by atoms with Crippen molar-refractivity contribution in [1.29, 1.82) is 0 Å². The molecule has 0 aliphatic rings. The highest BCUT2D eigenvalue weighted by molar-refractivity contribution is 7.09. The summed E-state index contributed by atoms with van der Waals surface area (Å²) in [6.07, 6.45) is 0. The van der Waals surface area contributed by atoms with Crippen molar-refractivity contribution >= 4 is 29.0 Å². The van der Waals surface area contributed by atoms with Gasteiger partial charge >= 0.3 is 12.0 Å². The number of carbonyl (C=O) groups is 2. The third kappa shape index (κ3) is 3.33. The van der Waals surface area contributed by atoms with Crippen molar-refractivity contribution in [2.75, 3.05) is 5.32 Å². The molecule has 0 spiro atoms. The van der Waals surface area contributed by atoms with Gasteiger partial charge in [-0.3, -0.25) is 0 Å². The average Bonchev–Trinajstić information content (AvgIpc) is 2.82. The minimum Gasteiger partial charge on any atom is -0.478 e. The number of carboxylic acid groups (broad SMARTS) is 1. The van der Waals surface area contributed by atoms with Crippen molar-refractivity contribution in [3.05, 3.63) is 45.9 Å². The number of urea groups is 1. The lowest BCUT2D eigenvalue weighted by Gasteiger charge is -2.09. The Balaban J connectivity index is 1.98. The molecule has 0 radical (unpaired) electrons. The van der Waals surface area contributed by atoms with Gasteiger partial charge in [-0.05, 0) is 19.1 Å². The monoisotopic (exact) mass is 291 g/mol. The first-order chi connectivity index (χ1) is 9.58. The quantitative estimate of drug-likeness (QED) is 0.807.